The fraction of sp³-hybridized carbons (Fsp3) is 0.333. The Balaban J connectivity index is 2.22. The summed E-state index contributed by atoms with van der Waals surface area (Å²) in [4.78, 5) is 13.1. The van der Waals surface area contributed by atoms with Gasteiger partial charge in [-0.15, -0.1) is 0 Å². The molecule has 1 aromatic carbocycles. The number of nitrogens with zero attached hydrogens (tertiary/aromatic N) is 3. The Bertz CT molecular complexity index is 654. The number of aryl methyl sites for hydroxylation is 1. The van der Waals surface area contributed by atoms with Crippen molar-refractivity contribution in [2.75, 3.05) is 7.05 Å². The molecular weight excluding hydrogens is 273 g/mol. The van der Waals surface area contributed by atoms with Crippen LogP contribution in [0.4, 0.5) is 4.39 Å². The van der Waals surface area contributed by atoms with E-state index in [1.54, 1.807) is 25.2 Å². The monoisotopic (exact) mass is 291 g/mol. The van der Waals surface area contributed by atoms with Crippen LogP contribution in [0.1, 0.15) is 34.6 Å². The molecule has 5 nitrogen and oxygen atoms in total. The lowest BCUT2D eigenvalue weighted by molar-refractivity contribution is 0.0694. The van der Waals surface area contributed by atoms with Gasteiger partial charge in [0.05, 0.1) is 11.9 Å². The van der Waals surface area contributed by atoms with E-state index in [9.17, 15) is 9.18 Å². The van der Waals surface area contributed by atoms with E-state index in [0.717, 1.165) is 0 Å². The quantitative estimate of drug-likeness (QED) is 0.919. The van der Waals surface area contributed by atoms with Gasteiger partial charge in [-0.1, -0.05) is 18.2 Å². The Hall–Kier alpha value is -2.21. The first-order valence-electron chi connectivity index (χ1n) is 6.60. The van der Waals surface area contributed by atoms with Gasteiger partial charge in [-0.3, -0.25) is 9.58 Å². The summed E-state index contributed by atoms with van der Waals surface area (Å²) in [6.07, 6.45) is 1.33. The number of carbonyl (C=O) groups is 1. The maximum absolute atomic E-state index is 13.8. The average Bonchev–Trinajstić information content (AvgIpc) is 2.80. The molecule has 1 atom stereocenters. The number of halogens is 1. The topological polar surface area (TPSA) is 58.4 Å². The van der Waals surface area contributed by atoms with Gasteiger partial charge in [0.1, 0.15) is 11.4 Å². The molecule has 0 saturated heterocycles. The molecular formula is C15H18FN3O2. The van der Waals surface area contributed by atoms with E-state index in [2.05, 4.69) is 5.10 Å². The van der Waals surface area contributed by atoms with E-state index in [1.807, 2.05) is 18.9 Å². The van der Waals surface area contributed by atoms with Crippen LogP contribution in [0.15, 0.2) is 30.5 Å². The van der Waals surface area contributed by atoms with E-state index < -0.39 is 5.97 Å². The second-order valence-corrected chi connectivity index (χ2v) is 5.05. The zero-order valence-corrected chi connectivity index (χ0v) is 12.2. The third-order valence-corrected chi connectivity index (χ3v) is 3.71. The molecule has 0 bridgehead atoms. The Labute approximate surface area is 122 Å². The summed E-state index contributed by atoms with van der Waals surface area (Å²) >= 11 is 0. The summed E-state index contributed by atoms with van der Waals surface area (Å²) in [7, 11) is 3.53. The van der Waals surface area contributed by atoms with Gasteiger partial charge in [-0.2, -0.15) is 5.10 Å². The summed E-state index contributed by atoms with van der Waals surface area (Å²) < 4.78 is 15.4. The molecule has 6 heteroatoms. The first kappa shape index (κ1) is 15.2. The van der Waals surface area contributed by atoms with Crippen molar-refractivity contribution in [1.82, 2.24) is 14.7 Å². The highest BCUT2D eigenvalue weighted by molar-refractivity contribution is 5.88. The summed E-state index contributed by atoms with van der Waals surface area (Å²) in [6, 6.07) is 6.41. The Kier molecular flexibility index (Phi) is 4.37. The first-order valence-corrected chi connectivity index (χ1v) is 6.60. The molecule has 1 aromatic heterocycles. The summed E-state index contributed by atoms with van der Waals surface area (Å²) in [6.45, 7) is 2.25. The Morgan fingerprint density at radius 3 is 2.76 bits per heavy atom. The van der Waals surface area contributed by atoms with Crippen LogP contribution < -0.4 is 0 Å². The van der Waals surface area contributed by atoms with Crippen LogP contribution in [0.25, 0.3) is 0 Å². The summed E-state index contributed by atoms with van der Waals surface area (Å²) in [5.74, 6) is -1.27. The molecule has 0 spiro atoms. The van der Waals surface area contributed by atoms with Crippen LogP contribution in [0.5, 0.6) is 0 Å². The second kappa shape index (κ2) is 6.05. The number of aromatic carboxylic acids is 1. The van der Waals surface area contributed by atoms with Crippen molar-refractivity contribution in [3.8, 4) is 0 Å². The van der Waals surface area contributed by atoms with E-state index >= 15 is 0 Å². The van der Waals surface area contributed by atoms with Crippen LogP contribution in [-0.2, 0) is 13.6 Å². The number of carboxylic acid groups (broad SMARTS) is 1. The van der Waals surface area contributed by atoms with Crippen molar-refractivity contribution in [2.45, 2.75) is 19.5 Å². The third kappa shape index (κ3) is 3.11. The molecule has 2 rings (SSSR count). The fourth-order valence-electron chi connectivity index (χ4n) is 2.25. The molecule has 1 unspecified atom stereocenters. The van der Waals surface area contributed by atoms with Gasteiger partial charge in [0.15, 0.2) is 0 Å². The van der Waals surface area contributed by atoms with E-state index in [0.29, 0.717) is 17.8 Å². The smallest absolute Gasteiger partial charge is 0.339 e. The molecule has 0 aliphatic rings. The lowest BCUT2D eigenvalue weighted by Gasteiger charge is -2.25. The van der Waals surface area contributed by atoms with E-state index in [-0.39, 0.29) is 17.4 Å². The molecule has 0 radical (unpaired) electrons. The third-order valence-electron chi connectivity index (χ3n) is 3.71. The van der Waals surface area contributed by atoms with Crippen molar-refractivity contribution < 1.29 is 14.3 Å². The SMILES string of the molecule is CC(c1ccccc1F)N(C)Cc1c(C(=O)O)cnn1C. The molecule has 21 heavy (non-hydrogen) atoms. The van der Waals surface area contributed by atoms with Crippen LogP contribution in [-0.4, -0.2) is 32.8 Å². The van der Waals surface area contributed by atoms with E-state index in [1.165, 1.54) is 16.9 Å². The van der Waals surface area contributed by atoms with Crippen LogP contribution >= 0.6 is 0 Å². The van der Waals surface area contributed by atoms with Crippen molar-refractivity contribution in [1.29, 1.82) is 0 Å². The number of benzene rings is 1. The predicted molar refractivity (Wildman–Crippen MR) is 76.4 cm³/mol. The van der Waals surface area contributed by atoms with Gasteiger partial charge >= 0.3 is 5.97 Å². The van der Waals surface area contributed by atoms with Crippen molar-refractivity contribution in [3.63, 3.8) is 0 Å². The predicted octanol–water partition coefficient (Wildman–Crippen LogP) is 2.45. The second-order valence-electron chi connectivity index (χ2n) is 5.05. The number of hydrogen-bond acceptors (Lipinski definition) is 3. The van der Waals surface area contributed by atoms with Gasteiger partial charge in [-0.05, 0) is 20.0 Å². The van der Waals surface area contributed by atoms with Crippen molar-refractivity contribution in [2.24, 2.45) is 7.05 Å². The maximum atomic E-state index is 13.8. The van der Waals surface area contributed by atoms with Crippen LogP contribution in [0.2, 0.25) is 0 Å². The average molecular weight is 291 g/mol. The van der Waals surface area contributed by atoms with Gasteiger partial charge in [0, 0.05) is 25.2 Å². The highest BCUT2D eigenvalue weighted by Crippen LogP contribution is 2.23. The molecule has 0 amide bonds. The number of rotatable bonds is 5. The molecule has 112 valence electrons. The molecule has 0 saturated carbocycles. The minimum atomic E-state index is -1.01. The molecule has 2 aromatic rings. The Morgan fingerprint density at radius 2 is 2.14 bits per heavy atom. The van der Waals surface area contributed by atoms with Crippen molar-refractivity contribution >= 4 is 5.97 Å². The molecule has 0 aliphatic heterocycles. The summed E-state index contributed by atoms with van der Waals surface area (Å²) in [5, 5.41) is 13.1. The molecule has 1 N–H and O–H groups in total. The number of carboxylic acids is 1. The molecule has 1 heterocycles. The fourth-order valence-corrected chi connectivity index (χ4v) is 2.25. The lowest BCUT2D eigenvalue weighted by Crippen LogP contribution is -2.25. The van der Waals surface area contributed by atoms with Gasteiger partial charge in [0.25, 0.3) is 0 Å². The van der Waals surface area contributed by atoms with Gasteiger partial charge < -0.3 is 5.11 Å². The minimum Gasteiger partial charge on any atom is -0.478 e. The lowest BCUT2D eigenvalue weighted by atomic mass is 10.1. The highest BCUT2D eigenvalue weighted by atomic mass is 19.1. The van der Waals surface area contributed by atoms with Crippen molar-refractivity contribution in [3.05, 3.63) is 53.1 Å². The van der Waals surface area contributed by atoms with E-state index in [4.69, 9.17) is 5.11 Å². The minimum absolute atomic E-state index is 0.171. The number of aromatic nitrogens is 2. The Morgan fingerprint density at radius 1 is 1.48 bits per heavy atom. The highest BCUT2D eigenvalue weighted by Gasteiger charge is 2.20. The van der Waals surface area contributed by atoms with Gasteiger partial charge in [-0.25, -0.2) is 9.18 Å². The summed E-state index contributed by atoms with van der Waals surface area (Å²) in [5.41, 5.74) is 1.34. The normalized spacial score (nSPS) is 12.6. The zero-order valence-electron chi connectivity index (χ0n) is 12.2. The zero-order chi connectivity index (χ0) is 15.6. The number of hydrogen-bond donors (Lipinski definition) is 1. The molecule has 0 fully saturated rings. The van der Waals surface area contributed by atoms with Gasteiger partial charge in [0.2, 0.25) is 0 Å². The maximum Gasteiger partial charge on any atom is 0.339 e. The van der Waals surface area contributed by atoms with Crippen LogP contribution in [0.3, 0.4) is 0 Å². The largest absolute Gasteiger partial charge is 0.478 e. The van der Waals surface area contributed by atoms with Crippen LogP contribution in [0, 0.1) is 5.82 Å². The standard InChI is InChI=1S/C15H18FN3O2/c1-10(11-6-4-5-7-13(11)16)18(2)9-14-12(15(20)21)8-17-19(14)3/h4-8,10H,9H2,1-3H3,(H,20,21). The first-order chi connectivity index (χ1) is 9.91. The molecule has 0 aliphatic carbocycles.